The molecule has 1 saturated heterocycles. The Morgan fingerprint density at radius 1 is 1.04 bits per heavy atom. The highest BCUT2D eigenvalue weighted by Crippen LogP contribution is 2.17. The molecule has 0 aromatic carbocycles. The van der Waals surface area contributed by atoms with Gasteiger partial charge < -0.3 is 14.6 Å². The van der Waals surface area contributed by atoms with Gasteiger partial charge in [0.2, 0.25) is 5.91 Å². The fourth-order valence-electron chi connectivity index (χ4n) is 3.75. The van der Waals surface area contributed by atoms with Gasteiger partial charge in [0.1, 0.15) is 6.26 Å². The summed E-state index contributed by atoms with van der Waals surface area (Å²) in [5, 5.41) is 3.22. The second-order valence-electron chi connectivity index (χ2n) is 7.19. The predicted octanol–water partition coefficient (Wildman–Crippen LogP) is 2.27. The molecule has 2 aliphatic rings. The third-order valence-corrected chi connectivity index (χ3v) is 5.27. The first-order valence-electron chi connectivity index (χ1n) is 9.55. The maximum atomic E-state index is 12.3. The average molecular weight is 347 g/mol. The lowest BCUT2D eigenvalue weighted by molar-refractivity contribution is -0.123. The second-order valence-corrected chi connectivity index (χ2v) is 7.19. The van der Waals surface area contributed by atoms with Crippen LogP contribution in [0.25, 0.3) is 0 Å². The molecule has 6 nitrogen and oxygen atoms in total. The summed E-state index contributed by atoms with van der Waals surface area (Å²) in [6, 6.07) is 2.04. The number of amides is 2. The highest BCUT2D eigenvalue weighted by atomic mass is 16.3. The molecular weight excluding hydrogens is 318 g/mol. The lowest BCUT2D eigenvalue weighted by Gasteiger charge is -2.34. The van der Waals surface area contributed by atoms with Gasteiger partial charge in [0, 0.05) is 32.2 Å². The Labute approximate surface area is 149 Å². The molecule has 2 heterocycles. The molecule has 3 rings (SSSR count). The molecular formula is C19H29N3O3. The Morgan fingerprint density at radius 3 is 2.36 bits per heavy atom. The number of carbonyl (C=O) groups is 2. The molecule has 1 aliphatic carbocycles. The van der Waals surface area contributed by atoms with Gasteiger partial charge in [-0.05, 0) is 18.9 Å². The summed E-state index contributed by atoms with van der Waals surface area (Å²) < 4.78 is 4.98. The van der Waals surface area contributed by atoms with E-state index in [4.69, 9.17) is 4.42 Å². The summed E-state index contributed by atoms with van der Waals surface area (Å²) in [6.07, 6.45) is 11.6. The highest BCUT2D eigenvalue weighted by Gasteiger charge is 2.24. The number of piperazine rings is 1. The van der Waals surface area contributed by atoms with Crippen molar-refractivity contribution in [3.8, 4) is 0 Å². The van der Waals surface area contributed by atoms with Crippen LogP contribution in [0, 0.1) is 0 Å². The smallest absolute Gasteiger partial charge is 0.257 e. The van der Waals surface area contributed by atoms with Gasteiger partial charge in [-0.2, -0.15) is 0 Å². The van der Waals surface area contributed by atoms with Crippen molar-refractivity contribution < 1.29 is 14.0 Å². The van der Waals surface area contributed by atoms with E-state index in [2.05, 4.69) is 10.2 Å². The Bertz CT molecular complexity index is 542. The summed E-state index contributed by atoms with van der Waals surface area (Å²) in [6.45, 7) is 3.22. The number of furan rings is 1. The summed E-state index contributed by atoms with van der Waals surface area (Å²) in [4.78, 5) is 28.6. The lowest BCUT2D eigenvalue weighted by Crippen LogP contribution is -2.51. The third-order valence-electron chi connectivity index (χ3n) is 5.27. The van der Waals surface area contributed by atoms with Crippen LogP contribution in [-0.4, -0.2) is 60.4 Å². The summed E-state index contributed by atoms with van der Waals surface area (Å²) >= 11 is 0. The Kier molecular flexibility index (Phi) is 6.50. The zero-order chi connectivity index (χ0) is 17.5. The first-order chi connectivity index (χ1) is 12.2. The summed E-state index contributed by atoms with van der Waals surface area (Å²) in [5.74, 6) is 0.132. The molecule has 1 aromatic heterocycles. The van der Waals surface area contributed by atoms with Crippen molar-refractivity contribution in [1.82, 2.24) is 15.1 Å². The van der Waals surface area contributed by atoms with Crippen LogP contribution >= 0.6 is 0 Å². The molecule has 2 amide bonds. The van der Waals surface area contributed by atoms with E-state index >= 15 is 0 Å². The van der Waals surface area contributed by atoms with Crippen LogP contribution in [0.5, 0.6) is 0 Å². The first-order valence-corrected chi connectivity index (χ1v) is 9.55. The largest absolute Gasteiger partial charge is 0.472 e. The maximum Gasteiger partial charge on any atom is 0.257 e. The number of nitrogens with one attached hydrogen (secondary N) is 1. The Hall–Kier alpha value is -1.82. The molecule has 1 aliphatic heterocycles. The van der Waals surface area contributed by atoms with Crippen molar-refractivity contribution in [2.24, 2.45) is 0 Å². The van der Waals surface area contributed by atoms with Crippen molar-refractivity contribution in [3.05, 3.63) is 24.2 Å². The predicted molar refractivity (Wildman–Crippen MR) is 95.3 cm³/mol. The number of rotatable bonds is 4. The molecule has 138 valence electrons. The van der Waals surface area contributed by atoms with Crippen molar-refractivity contribution in [2.75, 3.05) is 32.7 Å². The van der Waals surface area contributed by atoms with E-state index in [1.807, 2.05) is 4.90 Å². The van der Waals surface area contributed by atoms with Gasteiger partial charge in [-0.15, -0.1) is 0 Å². The molecule has 0 spiro atoms. The lowest BCUT2D eigenvalue weighted by atomic mass is 9.97. The SMILES string of the molecule is O=C(CN1CCN(C(=O)c2ccoc2)CC1)NC1CCCCCCC1. The number of hydrogen-bond donors (Lipinski definition) is 1. The van der Waals surface area contributed by atoms with E-state index < -0.39 is 0 Å². The number of nitrogens with zero attached hydrogens (tertiary/aromatic N) is 2. The molecule has 1 saturated carbocycles. The maximum absolute atomic E-state index is 12.3. The minimum Gasteiger partial charge on any atom is -0.472 e. The Morgan fingerprint density at radius 2 is 1.72 bits per heavy atom. The molecule has 1 N–H and O–H groups in total. The minimum absolute atomic E-state index is 0.00683. The normalized spacial score (nSPS) is 20.7. The number of hydrogen-bond acceptors (Lipinski definition) is 4. The molecule has 0 unspecified atom stereocenters. The van der Waals surface area contributed by atoms with E-state index in [-0.39, 0.29) is 11.8 Å². The average Bonchev–Trinajstić information content (AvgIpc) is 3.12. The van der Waals surface area contributed by atoms with Gasteiger partial charge in [0.05, 0.1) is 18.4 Å². The van der Waals surface area contributed by atoms with E-state index in [1.54, 1.807) is 6.07 Å². The zero-order valence-corrected chi connectivity index (χ0v) is 14.9. The van der Waals surface area contributed by atoms with E-state index in [9.17, 15) is 9.59 Å². The van der Waals surface area contributed by atoms with Gasteiger partial charge in [0.15, 0.2) is 0 Å². The van der Waals surface area contributed by atoms with Crippen LogP contribution in [0.3, 0.4) is 0 Å². The topological polar surface area (TPSA) is 65.8 Å². The number of carbonyl (C=O) groups excluding carboxylic acids is 2. The summed E-state index contributed by atoms with van der Waals surface area (Å²) in [5.41, 5.74) is 0.593. The van der Waals surface area contributed by atoms with Gasteiger partial charge in [-0.1, -0.05) is 32.1 Å². The van der Waals surface area contributed by atoms with Crippen molar-refractivity contribution in [3.63, 3.8) is 0 Å². The van der Waals surface area contributed by atoms with Crippen LogP contribution in [0.4, 0.5) is 0 Å². The molecule has 2 fully saturated rings. The van der Waals surface area contributed by atoms with Crippen LogP contribution in [-0.2, 0) is 4.79 Å². The molecule has 0 bridgehead atoms. The quantitative estimate of drug-likeness (QED) is 0.907. The third kappa shape index (κ3) is 5.33. The monoisotopic (exact) mass is 347 g/mol. The van der Waals surface area contributed by atoms with Crippen LogP contribution in [0.1, 0.15) is 55.3 Å². The van der Waals surface area contributed by atoms with Crippen molar-refractivity contribution in [1.29, 1.82) is 0 Å². The van der Waals surface area contributed by atoms with E-state index in [1.165, 1.54) is 44.6 Å². The van der Waals surface area contributed by atoms with Crippen molar-refractivity contribution in [2.45, 2.75) is 51.0 Å². The fourth-order valence-corrected chi connectivity index (χ4v) is 3.75. The minimum atomic E-state index is 0.00683. The van der Waals surface area contributed by atoms with E-state index in [0.29, 0.717) is 31.2 Å². The van der Waals surface area contributed by atoms with Crippen LogP contribution < -0.4 is 5.32 Å². The van der Waals surface area contributed by atoms with Crippen LogP contribution in [0.15, 0.2) is 23.0 Å². The van der Waals surface area contributed by atoms with Crippen LogP contribution in [0.2, 0.25) is 0 Å². The fraction of sp³-hybridized carbons (Fsp3) is 0.684. The van der Waals surface area contributed by atoms with Gasteiger partial charge >= 0.3 is 0 Å². The summed E-state index contributed by atoms with van der Waals surface area (Å²) in [7, 11) is 0. The molecule has 0 radical (unpaired) electrons. The molecule has 0 atom stereocenters. The standard InChI is InChI=1S/C19H29N3O3/c23-18(20-17-6-4-2-1-3-5-7-17)14-21-9-11-22(12-10-21)19(24)16-8-13-25-15-16/h8,13,15,17H,1-7,9-12,14H2,(H,20,23). The first kappa shape index (κ1) is 18.0. The molecule has 25 heavy (non-hydrogen) atoms. The zero-order valence-electron chi connectivity index (χ0n) is 14.9. The second kappa shape index (κ2) is 9.04. The van der Waals surface area contributed by atoms with Gasteiger partial charge in [-0.3, -0.25) is 14.5 Å². The van der Waals surface area contributed by atoms with Gasteiger partial charge in [0.25, 0.3) is 5.91 Å². The Balaban J connectivity index is 1.39. The van der Waals surface area contributed by atoms with Crippen molar-refractivity contribution >= 4 is 11.8 Å². The highest BCUT2D eigenvalue weighted by molar-refractivity contribution is 5.93. The van der Waals surface area contributed by atoms with E-state index in [0.717, 1.165) is 25.9 Å². The molecule has 1 aromatic rings. The molecule has 6 heteroatoms. The van der Waals surface area contributed by atoms with Gasteiger partial charge in [-0.25, -0.2) is 0 Å².